The molecule has 2 unspecified atom stereocenters. The van der Waals surface area contributed by atoms with Gasteiger partial charge in [0.2, 0.25) is 0 Å². The second-order valence-electron chi connectivity index (χ2n) is 18.9. The summed E-state index contributed by atoms with van der Waals surface area (Å²) in [7, 11) is 1.35. The van der Waals surface area contributed by atoms with Crippen molar-refractivity contribution in [3.05, 3.63) is 36.5 Å². The van der Waals surface area contributed by atoms with Gasteiger partial charge >= 0.3 is 5.97 Å². The lowest BCUT2D eigenvalue weighted by Crippen LogP contribution is -2.37. The fraction of sp³-hybridized carbons (Fsp3) is 0.868. The van der Waals surface area contributed by atoms with Crippen molar-refractivity contribution in [2.45, 2.75) is 245 Å². The van der Waals surface area contributed by atoms with E-state index in [2.05, 4.69) is 50.3 Å². The van der Waals surface area contributed by atoms with Gasteiger partial charge in [-0.15, -0.1) is 0 Å². The SMILES string of the molecule is CCCCCC/C=C\C/C=C\CCCCCCCC(=O)OC(COCCCCCCCCCCCCCC/C=C\CCCCCCCCCC)COP(=O)([O-])OCC[N+](C)(C)C. The summed E-state index contributed by atoms with van der Waals surface area (Å²) in [6, 6.07) is 0. The lowest BCUT2D eigenvalue weighted by molar-refractivity contribution is -0.870. The number of carbonyl (C=O) groups is 1. The van der Waals surface area contributed by atoms with Crippen molar-refractivity contribution < 1.29 is 37.3 Å². The molecule has 0 bridgehead atoms. The largest absolute Gasteiger partial charge is 0.756 e. The Morgan fingerprint density at radius 2 is 0.887 bits per heavy atom. The highest BCUT2D eigenvalue weighted by atomic mass is 31.2. The van der Waals surface area contributed by atoms with E-state index in [1.54, 1.807) is 0 Å². The van der Waals surface area contributed by atoms with Gasteiger partial charge in [-0.25, -0.2) is 0 Å². The number of hydrogen-bond donors (Lipinski definition) is 0. The van der Waals surface area contributed by atoms with Gasteiger partial charge in [0, 0.05) is 13.0 Å². The van der Waals surface area contributed by atoms with Crippen molar-refractivity contribution >= 4 is 13.8 Å². The van der Waals surface area contributed by atoms with Crippen LogP contribution in [0.3, 0.4) is 0 Å². The third-order valence-electron chi connectivity index (χ3n) is 11.4. The second-order valence-corrected chi connectivity index (χ2v) is 20.3. The van der Waals surface area contributed by atoms with Crippen molar-refractivity contribution in [1.82, 2.24) is 0 Å². The summed E-state index contributed by atoms with van der Waals surface area (Å²) in [5, 5.41) is 0. The number of quaternary nitrogens is 1. The zero-order valence-electron chi connectivity index (χ0n) is 41.6. The molecule has 0 aliphatic carbocycles. The second kappa shape index (κ2) is 46.3. The van der Waals surface area contributed by atoms with E-state index in [4.69, 9.17) is 18.5 Å². The number of esters is 1. The highest BCUT2D eigenvalue weighted by Crippen LogP contribution is 2.38. The minimum absolute atomic E-state index is 0.0237. The Hall–Kier alpha value is -1.28. The summed E-state index contributed by atoms with van der Waals surface area (Å²) in [5.74, 6) is -0.345. The highest BCUT2D eigenvalue weighted by Gasteiger charge is 2.20. The number of nitrogens with zero attached hydrogens (tertiary/aromatic N) is 1. The third kappa shape index (κ3) is 49.7. The lowest BCUT2D eigenvalue weighted by Gasteiger charge is -2.28. The summed E-state index contributed by atoms with van der Waals surface area (Å²) < 4.78 is 34.7. The zero-order valence-corrected chi connectivity index (χ0v) is 42.5. The van der Waals surface area contributed by atoms with E-state index in [9.17, 15) is 14.3 Å². The quantitative estimate of drug-likeness (QED) is 0.0197. The van der Waals surface area contributed by atoms with Crippen molar-refractivity contribution in [2.75, 3.05) is 54.1 Å². The van der Waals surface area contributed by atoms with Gasteiger partial charge in [-0.05, 0) is 70.6 Å². The zero-order chi connectivity index (χ0) is 45.5. The average Bonchev–Trinajstić information content (AvgIpc) is 3.23. The number of rotatable bonds is 49. The van der Waals surface area contributed by atoms with E-state index in [-0.39, 0.29) is 25.8 Å². The van der Waals surface area contributed by atoms with E-state index < -0.39 is 13.9 Å². The first-order valence-electron chi connectivity index (χ1n) is 26.2. The first kappa shape index (κ1) is 60.7. The number of allylic oxidation sites excluding steroid dienone is 6. The van der Waals surface area contributed by atoms with Gasteiger partial charge in [0.25, 0.3) is 7.82 Å². The molecule has 8 nitrogen and oxygen atoms in total. The lowest BCUT2D eigenvalue weighted by atomic mass is 10.0. The van der Waals surface area contributed by atoms with Crippen molar-refractivity contribution in [2.24, 2.45) is 0 Å². The molecule has 0 fully saturated rings. The normalized spacial score (nSPS) is 13.8. The predicted molar refractivity (Wildman–Crippen MR) is 263 cm³/mol. The Morgan fingerprint density at radius 1 is 0.500 bits per heavy atom. The van der Waals surface area contributed by atoms with Crippen molar-refractivity contribution in [3.63, 3.8) is 0 Å². The standard InChI is InChI=1S/C53H102NO7P/c1-6-8-10-12-14-16-18-20-22-24-25-26-27-28-29-30-31-33-35-37-39-41-43-45-48-58-50-52(51-60-62(56,57)59-49-47-54(3,4)5)61-53(55)46-44-42-40-38-36-34-32-23-21-19-17-15-13-11-9-7-2/h17,19,23-25,32,52H,6-16,18,20-22,26-31,33-51H2,1-5H3/b19-17-,25-24-,32-23-. The minimum Gasteiger partial charge on any atom is -0.756 e. The molecule has 0 radical (unpaired) electrons. The van der Waals surface area contributed by atoms with Gasteiger partial charge < -0.3 is 27.9 Å². The third-order valence-corrected chi connectivity index (χ3v) is 12.4. The molecule has 0 heterocycles. The molecule has 0 aromatic carbocycles. The Kier molecular flexibility index (Phi) is 45.3. The molecule has 0 aliphatic heterocycles. The van der Waals surface area contributed by atoms with E-state index in [0.29, 0.717) is 24.1 Å². The van der Waals surface area contributed by atoms with Crippen LogP contribution in [0.2, 0.25) is 0 Å². The molecule has 0 amide bonds. The first-order chi connectivity index (χ1) is 30.1. The maximum atomic E-state index is 12.7. The number of hydrogen-bond acceptors (Lipinski definition) is 7. The summed E-state index contributed by atoms with van der Waals surface area (Å²) in [4.78, 5) is 25.1. The number of likely N-dealkylation sites (N-methyl/N-ethyl adjacent to an activating group) is 1. The minimum atomic E-state index is -4.53. The fourth-order valence-corrected chi connectivity index (χ4v) is 8.07. The van der Waals surface area contributed by atoms with E-state index in [1.165, 1.54) is 161 Å². The monoisotopic (exact) mass is 896 g/mol. The van der Waals surface area contributed by atoms with Crippen LogP contribution in [0.4, 0.5) is 0 Å². The van der Waals surface area contributed by atoms with Crippen LogP contribution in [0.1, 0.15) is 239 Å². The Labute approximate surface area is 385 Å². The van der Waals surface area contributed by atoms with Crippen LogP contribution >= 0.6 is 7.82 Å². The molecular weight excluding hydrogens is 794 g/mol. The molecule has 366 valence electrons. The molecule has 0 aromatic heterocycles. The van der Waals surface area contributed by atoms with Gasteiger partial charge in [-0.2, -0.15) is 0 Å². The molecule has 0 N–H and O–H groups in total. The molecule has 2 atom stereocenters. The van der Waals surface area contributed by atoms with Gasteiger partial charge in [0.1, 0.15) is 19.3 Å². The van der Waals surface area contributed by atoms with Crippen LogP contribution in [0.25, 0.3) is 0 Å². The molecule has 0 saturated carbocycles. The fourth-order valence-electron chi connectivity index (χ4n) is 7.34. The molecule has 0 spiro atoms. The molecular formula is C53H102NO7P. The maximum Gasteiger partial charge on any atom is 0.306 e. The van der Waals surface area contributed by atoms with Gasteiger partial charge in [-0.1, -0.05) is 198 Å². The van der Waals surface area contributed by atoms with E-state index >= 15 is 0 Å². The smallest absolute Gasteiger partial charge is 0.306 e. The van der Waals surface area contributed by atoms with Crippen molar-refractivity contribution in [1.29, 1.82) is 0 Å². The maximum absolute atomic E-state index is 12.7. The van der Waals surface area contributed by atoms with E-state index in [0.717, 1.165) is 57.8 Å². The molecule has 0 rings (SSSR count). The number of ether oxygens (including phenoxy) is 2. The van der Waals surface area contributed by atoms with Crippen LogP contribution < -0.4 is 4.89 Å². The molecule has 0 aromatic rings. The summed E-state index contributed by atoms with van der Waals surface area (Å²) >= 11 is 0. The van der Waals surface area contributed by atoms with Crippen LogP contribution in [0, 0.1) is 0 Å². The molecule has 0 aliphatic rings. The number of phosphoric acid groups is 1. The van der Waals surface area contributed by atoms with Gasteiger partial charge in [0.15, 0.2) is 0 Å². The number of phosphoric ester groups is 1. The van der Waals surface area contributed by atoms with Crippen molar-refractivity contribution in [3.8, 4) is 0 Å². The number of carbonyl (C=O) groups excluding carboxylic acids is 1. The van der Waals surface area contributed by atoms with Crippen LogP contribution in [-0.2, 0) is 27.9 Å². The van der Waals surface area contributed by atoms with Gasteiger partial charge in [0.05, 0.1) is 34.4 Å². The topological polar surface area (TPSA) is 94.1 Å². The molecule has 9 heteroatoms. The number of unbranched alkanes of at least 4 members (excludes halogenated alkanes) is 29. The molecule has 0 saturated heterocycles. The average molecular weight is 896 g/mol. The van der Waals surface area contributed by atoms with Crippen LogP contribution in [0.5, 0.6) is 0 Å². The summed E-state index contributed by atoms with van der Waals surface area (Å²) in [6.45, 7) is 5.41. The van der Waals surface area contributed by atoms with E-state index in [1.807, 2.05) is 21.1 Å². The Morgan fingerprint density at radius 3 is 1.34 bits per heavy atom. The summed E-state index contributed by atoms with van der Waals surface area (Å²) in [5.41, 5.74) is 0. The van der Waals surface area contributed by atoms with Crippen LogP contribution in [-0.4, -0.2) is 70.7 Å². The summed E-state index contributed by atoms with van der Waals surface area (Å²) in [6.07, 6.45) is 56.0. The Bertz CT molecular complexity index is 1090. The molecule has 62 heavy (non-hydrogen) atoms. The predicted octanol–water partition coefficient (Wildman–Crippen LogP) is 15.5. The van der Waals surface area contributed by atoms with Gasteiger partial charge in [-0.3, -0.25) is 9.36 Å². The first-order valence-corrected chi connectivity index (χ1v) is 27.7. The van der Waals surface area contributed by atoms with Crippen LogP contribution in [0.15, 0.2) is 36.5 Å². The highest BCUT2D eigenvalue weighted by molar-refractivity contribution is 7.45. The Balaban J connectivity index is 4.10.